The van der Waals surface area contributed by atoms with Crippen molar-refractivity contribution >= 4 is 21.7 Å². The number of hydrogen-bond donors (Lipinski definition) is 0. The van der Waals surface area contributed by atoms with Crippen LogP contribution in [0.4, 0.5) is 0 Å². The van der Waals surface area contributed by atoms with E-state index in [2.05, 4.69) is 105 Å². The van der Waals surface area contributed by atoms with Gasteiger partial charge in [-0.1, -0.05) is 129 Å². The maximum absolute atomic E-state index is 6.24. The second-order valence-electron chi connectivity index (χ2n) is 12.7. The van der Waals surface area contributed by atoms with Crippen LogP contribution >= 0.6 is 0 Å². The molecule has 218 valence electrons. The molecule has 0 aliphatic heterocycles. The first kappa shape index (κ1) is 26.6. The molecule has 0 bridgehead atoms. The van der Waals surface area contributed by atoms with Crippen LogP contribution in [0.5, 0.6) is 0 Å². The molecule has 0 saturated carbocycles. The van der Waals surface area contributed by atoms with Crippen molar-refractivity contribution in [3.8, 4) is 56.4 Å². The molecule has 0 N–H and O–H groups in total. The van der Waals surface area contributed by atoms with Crippen LogP contribution in [0.1, 0.15) is 25.0 Å². The Hall–Kier alpha value is -5.80. The monoisotopic (exact) mass is 590 g/mol. The summed E-state index contributed by atoms with van der Waals surface area (Å²) in [5.41, 5.74) is 12.2. The Kier molecular flexibility index (Phi) is 5.85. The molecule has 1 aliphatic carbocycles. The van der Waals surface area contributed by atoms with Crippen LogP contribution in [0.2, 0.25) is 0 Å². The number of para-hydroxylation sites is 1. The highest BCUT2D eigenvalue weighted by Gasteiger charge is 2.37. The Morgan fingerprint density at radius 3 is 1.93 bits per heavy atom. The third-order valence-electron chi connectivity index (χ3n) is 9.49. The van der Waals surface area contributed by atoms with E-state index in [1.165, 1.54) is 44.2 Å². The van der Waals surface area contributed by atoms with Gasteiger partial charge in [0.05, 0.1) is 5.69 Å². The number of aromatic nitrogens is 2. The molecule has 9 rings (SSSR count). The zero-order valence-electron chi connectivity index (χ0n) is 25.7. The van der Waals surface area contributed by atoms with Crippen molar-refractivity contribution in [1.29, 1.82) is 0 Å². The number of hydrogen-bond acceptors (Lipinski definition) is 3. The molecular formula is C43H30N2O. The molecule has 1 aliphatic rings. The average Bonchev–Trinajstić information content (AvgIpc) is 3.64. The van der Waals surface area contributed by atoms with Gasteiger partial charge in [-0.25, -0.2) is 9.97 Å². The van der Waals surface area contributed by atoms with Crippen molar-refractivity contribution < 1.29 is 4.42 Å². The molecule has 46 heavy (non-hydrogen) atoms. The maximum atomic E-state index is 6.24. The first-order valence-corrected chi connectivity index (χ1v) is 15.7. The fraction of sp³-hybridized carbons (Fsp3) is 0.0698. The van der Waals surface area contributed by atoms with Gasteiger partial charge in [0.25, 0.3) is 0 Å². The Bertz CT molecular complexity index is 2400. The molecule has 6 aromatic carbocycles. The summed E-state index contributed by atoms with van der Waals surface area (Å²) in [6.07, 6.45) is 0. The van der Waals surface area contributed by atoms with Gasteiger partial charge in [0.2, 0.25) is 0 Å². The van der Waals surface area contributed by atoms with Crippen LogP contribution in [-0.2, 0) is 5.41 Å². The summed E-state index contributed by atoms with van der Waals surface area (Å²) < 4.78 is 6.24. The summed E-state index contributed by atoms with van der Waals surface area (Å²) in [6, 6.07) is 51.3. The molecule has 2 aromatic heterocycles. The fourth-order valence-corrected chi connectivity index (χ4v) is 7.08. The minimum atomic E-state index is -0.0769. The topological polar surface area (TPSA) is 38.9 Å². The summed E-state index contributed by atoms with van der Waals surface area (Å²) in [5, 5.41) is 3.61. The van der Waals surface area contributed by atoms with Crippen LogP contribution in [0, 0.1) is 0 Å². The van der Waals surface area contributed by atoms with Crippen molar-refractivity contribution in [1.82, 2.24) is 9.97 Å². The van der Waals surface area contributed by atoms with E-state index in [4.69, 9.17) is 14.4 Å². The van der Waals surface area contributed by atoms with Gasteiger partial charge < -0.3 is 4.42 Å². The van der Waals surface area contributed by atoms with E-state index >= 15 is 0 Å². The van der Waals surface area contributed by atoms with E-state index in [0.717, 1.165) is 39.2 Å². The first-order valence-electron chi connectivity index (χ1n) is 15.7. The SMILES string of the molecule is CC1(C)c2cc3ccccc3cc2-c2c(-c3ccc(-c4cc(-c5cc6ccccc6o5)nc(-c5ccccc5)n4)cc3)cccc21. The van der Waals surface area contributed by atoms with E-state index in [1.54, 1.807) is 0 Å². The van der Waals surface area contributed by atoms with Gasteiger partial charge in [-0.2, -0.15) is 0 Å². The van der Waals surface area contributed by atoms with Crippen molar-refractivity contribution in [3.63, 3.8) is 0 Å². The van der Waals surface area contributed by atoms with E-state index in [1.807, 2.05) is 54.6 Å². The zero-order chi connectivity index (χ0) is 30.8. The summed E-state index contributed by atoms with van der Waals surface area (Å²) >= 11 is 0. The average molecular weight is 591 g/mol. The first-order chi connectivity index (χ1) is 22.5. The third kappa shape index (κ3) is 4.20. The lowest BCUT2D eigenvalue weighted by atomic mass is 9.81. The summed E-state index contributed by atoms with van der Waals surface area (Å²) in [4.78, 5) is 9.99. The van der Waals surface area contributed by atoms with Crippen molar-refractivity contribution in [2.75, 3.05) is 0 Å². The largest absolute Gasteiger partial charge is 0.454 e. The Morgan fingerprint density at radius 2 is 1.15 bits per heavy atom. The van der Waals surface area contributed by atoms with Gasteiger partial charge in [0.1, 0.15) is 11.3 Å². The highest BCUT2D eigenvalue weighted by Crippen LogP contribution is 2.53. The maximum Gasteiger partial charge on any atom is 0.160 e. The zero-order valence-corrected chi connectivity index (χ0v) is 25.7. The Labute approximate surface area is 267 Å². The summed E-state index contributed by atoms with van der Waals surface area (Å²) in [5.74, 6) is 1.40. The molecule has 3 nitrogen and oxygen atoms in total. The summed E-state index contributed by atoms with van der Waals surface area (Å²) in [6.45, 7) is 4.69. The highest BCUT2D eigenvalue weighted by molar-refractivity contribution is 5.98. The fourth-order valence-electron chi connectivity index (χ4n) is 7.08. The van der Waals surface area contributed by atoms with Crippen LogP contribution in [0.25, 0.3) is 78.1 Å². The Morgan fingerprint density at radius 1 is 0.478 bits per heavy atom. The summed E-state index contributed by atoms with van der Waals surface area (Å²) in [7, 11) is 0. The van der Waals surface area contributed by atoms with Crippen LogP contribution in [0.15, 0.2) is 150 Å². The van der Waals surface area contributed by atoms with Crippen molar-refractivity contribution in [2.45, 2.75) is 19.3 Å². The predicted molar refractivity (Wildman–Crippen MR) is 189 cm³/mol. The quantitative estimate of drug-likeness (QED) is 0.205. The van der Waals surface area contributed by atoms with Gasteiger partial charge in [0, 0.05) is 21.9 Å². The highest BCUT2D eigenvalue weighted by atomic mass is 16.3. The van der Waals surface area contributed by atoms with Crippen molar-refractivity contribution in [3.05, 3.63) is 157 Å². The molecule has 0 radical (unpaired) electrons. The van der Waals surface area contributed by atoms with E-state index in [-0.39, 0.29) is 5.41 Å². The van der Waals surface area contributed by atoms with E-state index in [0.29, 0.717) is 5.82 Å². The minimum Gasteiger partial charge on any atom is -0.454 e. The number of rotatable bonds is 4. The number of fused-ring (bicyclic) bond motifs is 5. The third-order valence-corrected chi connectivity index (χ3v) is 9.49. The lowest BCUT2D eigenvalue weighted by Crippen LogP contribution is -2.14. The number of furan rings is 1. The normalized spacial score (nSPS) is 13.2. The van der Waals surface area contributed by atoms with E-state index < -0.39 is 0 Å². The molecule has 8 aromatic rings. The lowest BCUT2D eigenvalue weighted by Gasteiger charge is -2.22. The Balaban J connectivity index is 1.16. The molecule has 0 saturated heterocycles. The molecule has 0 unspecified atom stereocenters. The van der Waals surface area contributed by atoms with E-state index in [9.17, 15) is 0 Å². The minimum absolute atomic E-state index is 0.0769. The van der Waals surface area contributed by atoms with Crippen molar-refractivity contribution in [2.24, 2.45) is 0 Å². The molecule has 0 fully saturated rings. The second-order valence-corrected chi connectivity index (χ2v) is 12.7. The molecule has 2 heterocycles. The van der Waals surface area contributed by atoms with Gasteiger partial charge in [-0.3, -0.25) is 0 Å². The van der Waals surface area contributed by atoms with Crippen LogP contribution < -0.4 is 0 Å². The molecular weight excluding hydrogens is 560 g/mol. The molecule has 3 heteroatoms. The van der Waals surface area contributed by atoms with Crippen LogP contribution in [0.3, 0.4) is 0 Å². The molecule has 0 atom stereocenters. The second kappa shape index (κ2) is 10.1. The smallest absolute Gasteiger partial charge is 0.160 e. The van der Waals surface area contributed by atoms with Crippen LogP contribution in [-0.4, -0.2) is 9.97 Å². The van der Waals surface area contributed by atoms with Gasteiger partial charge in [-0.05, 0) is 74.5 Å². The number of nitrogens with zero attached hydrogens (tertiary/aromatic N) is 2. The number of benzene rings is 6. The van der Waals surface area contributed by atoms with Gasteiger partial charge in [-0.15, -0.1) is 0 Å². The molecule has 0 spiro atoms. The molecule has 0 amide bonds. The van der Waals surface area contributed by atoms with Gasteiger partial charge in [0.15, 0.2) is 11.6 Å². The predicted octanol–water partition coefficient (Wildman–Crippen LogP) is 11.4. The lowest BCUT2D eigenvalue weighted by molar-refractivity contribution is 0.628. The van der Waals surface area contributed by atoms with Gasteiger partial charge >= 0.3 is 0 Å². The standard InChI is InChI=1S/C43H30N2O/c1-43(2)35-17-10-16-33(41(35)34-23-30-13-6-7-14-31(30)24-36(34)43)27-19-21-28(22-20-27)37-26-38(40-25-32-15-8-9-18-39(32)46-40)45-42(44-37)29-11-4-3-5-12-29/h3-26H,1-2H3.